The number of carbonyl (C=O) groups excluding carboxylic acids is 1. The molecule has 0 radical (unpaired) electrons. The molecule has 0 fully saturated rings. The average molecular weight is 306 g/mol. The van der Waals surface area contributed by atoms with E-state index in [1.165, 1.54) is 17.3 Å². The molecule has 2 aromatic heterocycles. The quantitative estimate of drug-likeness (QED) is 0.694. The highest BCUT2D eigenvalue weighted by Crippen LogP contribution is 2.01. The second-order valence-electron chi connectivity index (χ2n) is 4.17. The number of carbonyl (C=O) groups is 1. The first-order valence-corrected chi connectivity index (χ1v) is 6.94. The molecule has 2 aromatic rings. The van der Waals surface area contributed by atoms with Crippen molar-refractivity contribution in [2.24, 2.45) is 0 Å². The van der Waals surface area contributed by atoms with Crippen molar-refractivity contribution in [1.29, 1.82) is 0 Å². The van der Waals surface area contributed by atoms with Gasteiger partial charge >= 0.3 is 0 Å². The summed E-state index contributed by atoms with van der Waals surface area (Å²) in [6, 6.07) is 3.20. The van der Waals surface area contributed by atoms with Crippen molar-refractivity contribution in [2.75, 3.05) is 19.8 Å². The molecular formula is C13H18N6O3. The standard InChI is InChI=1S/C13H18N6O3/c1-3-21-12(22-4-2)7-15-13(20)10-5-6-11(18-17-10)19-9-14-8-16-19/h5-6,8-9,12H,3-4,7H2,1-2H3,(H,15,20). The zero-order valence-corrected chi connectivity index (χ0v) is 12.5. The Kier molecular flexibility index (Phi) is 5.92. The third-order valence-electron chi connectivity index (χ3n) is 2.67. The number of ether oxygens (including phenoxy) is 2. The summed E-state index contributed by atoms with van der Waals surface area (Å²) in [5.41, 5.74) is 0.204. The normalized spacial score (nSPS) is 10.9. The molecule has 2 rings (SSSR count). The van der Waals surface area contributed by atoms with Crippen molar-refractivity contribution in [3.63, 3.8) is 0 Å². The van der Waals surface area contributed by atoms with Crippen LogP contribution in [0.4, 0.5) is 0 Å². The lowest BCUT2D eigenvalue weighted by Gasteiger charge is -2.17. The highest BCUT2D eigenvalue weighted by molar-refractivity contribution is 5.92. The Morgan fingerprint density at radius 2 is 2.05 bits per heavy atom. The van der Waals surface area contributed by atoms with Gasteiger partial charge in [0.2, 0.25) is 0 Å². The molecule has 9 heteroatoms. The first kappa shape index (κ1) is 16.0. The summed E-state index contributed by atoms with van der Waals surface area (Å²) in [4.78, 5) is 15.8. The molecule has 0 bridgehead atoms. The van der Waals surface area contributed by atoms with Crippen LogP contribution in [-0.4, -0.2) is 56.9 Å². The monoisotopic (exact) mass is 306 g/mol. The van der Waals surface area contributed by atoms with Crippen molar-refractivity contribution < 1.29 is 14.3 Å². The van der Waals surface area contributed by atoms with Crippen molar-refractivity contribution >= 4 is 5.91 Å². The zero-order chi connectivity index (χ0) is 15.8. The maximum atomic E-state index is 12.0. The molecule has 1 N–H and O–H groups in total. The minimum Gasteiger partial charge on any atom is -0.351 e. The van der Waals surface area contributed by atoms with E-state index >= 15 is 0 Å². The Balaban J connectivity index is 1.92. The summed E-state index contributed by atoms with van der Waals surface area (Å²) in [6.45, 7) is 4.98. The van der Waals surface area contributed by atoms with Crippen LogP contribution in [0.2, 0.25) is 0 Å². The molecule has 118 valence electrons. The van der Waals surface area contributed by atoms with E-state index < -0.39 is 6.29 Å². The third kappa shape index (κ3) is 4.30. The van der Waals surface area contributed by atoms with Crippen LogP contribution >= 0.6 is 0 Å². The Labute approximate surface area is 127 Å². The molecule has 0 aromatic carbocycles. The molecular weight excluding hydrogens is 288 g/mol. The average Bonchev–Trinajstić information content (AvgIpc) is 3.07. The number of nitrogens with one attached hydrogen (secondary N) is 1. The molecule has 0 spiro atoms. The van der Waals surface area contributed by atoms with E-state index in [-0.39, 0.29) is 18.1 Å². The Morgan fingerprint density at radius 3 is 2.59 bits per heavy atom. The van der Waals surface area contributed by atoms with Crippen molar-refractivity contribution in [1.82, 2.24) is 30.3 Å². The van der Waals surface area contributed by atoms with E-state index in [1.807, 2.05) is 13.8 Å². The summed E-state index contributed by atoms with van der Waals surface area (Å²) in [5, 5.41) is 14.4. The fourth-order valence-electron chi connectivity index (χ4n) is 1.70. The molecule has 9 nitrogen and oxygen atoms in total. The van der Waals surface area contributed by atoms with Crippen LogP contribution in [0.1, 0.15) is 24.3 Å². The van der Waals surface area contributed by atoms with Gasteiger partial charge in [0.25, 0.3) is 5.91 Å². The summed E-state index contributed by atoms with van der Waals surface area (Å²) in [5.74, 6) is 0.137. The molecule has 0 aliphatic heterocycles. The van der Waals surface area contributed by atoms with E-state index in [0.717, 1.165) is 0 Å². The van der Waals surface area contributed by atoms with Crippen LogP contribution in [0.25, 0.3) is 5.82 Å². The van der Waals surface area contributed by atoms with Gasteiger partial charge in [-0.25, -0.2) is 9.67 Å². The maximum Gasteiger partial charge on any atom is 0.271 e. The Hall–Kier alpha value is -2.39. The summed E-state index contributed by atoms with van der Waals surface area (Å²) < 4.78 is 12.1. The number of hydrogen-bond donors (Lipinski definition) is 1. The molecule has 0 saturated carbocycles. The number of amides is 1. The Bertz CT molecular complexity index is 566. The predicted molar refractivity (Wildman–Crippen MR) is 76.3 cm³/mol. The highest BCUT2D eigenvalue weighted by Gasteiger charge is 2.13. The van der Waals surface area contributed by atoms with Crippen molar-refractivity contribution in [3.8, 4) is 5.82 Å². The third-order valence-corrected chi connectivity index (χ3v) is 2.67. The number of aromatic nitrogens is 5. The topological polar surface area (TPSA) is 104 Å². The largest absolute Gasteiger partial charge is 0.351 e. The van der Waals surface area contributed by atoms with Crippen LogP contribution in [-0.2, 0) is 9.47 Å². The van der Waals surface area contributed by atoms with Crippen LogP contribution in [0.3, 0.4) is 0 Å². The smallest absolute Gasteiger partial charge is 0.271 e. The molecule has 0 atom stereocenters. The van der Waals surface area contributed by atoms with Gasteiger partial charge in [-0.2, -0.15) is 5.10 Å². The molecule has 0 aliphatic carbocycles. The van der Waals surface area contributed by atoms with Crippen molar-refractivity contribution in [2.45, 2.75) is 20.1 Å². The first-order chi connectivity index (χ1) is 10.7. The van der Waals surface area contributed by atoms with E-state index in [9.17, 15) is 4.79 Å². The van der Waals surface area contributed by atoms with Gasteiger partial charge in [-0.05, 0) is 26.0 Å². The second-order valence-corrected chi connectivity index (χ2v) is 4.17. The van der Waals surface area contributed by atoms with E-state index in [0.29, 0.717) is 19.0 Å². The van der Waals surface area contributed by atoms with Gasteiger partial charge in [-0.15, -0.1) is 10.2 Å². The maximum absolute atomic E-state index is 12.0. The van der Waals surface area contributed by atoms with Crippen LogP contribution in [0, 0.1) is 0 Å². The SMILES string of the molecule is CCOC(CNC(=O)c1ccc(-n2cncn2)nn1)OCC. The second kappa shape index (κ2) is 8.15. The van der Waals surface area contributed by atoms with Gasteiger partial charge in [0.15, 0.2) is 17.8 Å². The lowest BCUT2D eigenvalue weighted by Crippen LogP contribution is -2.35. The molecule has 0 aliphatic rings. The highest BCUT2D eigenvalue weighted by atomic mass is 16.7. The zero-order valence-electron chi connectivity index (χ0n) is 12.5. The fraction of sp³-hybridized carbons (Fsp3) is 0.462. The molecule has 1 amide bonds. The number of hydrogen-bond acceptors (Lipinski definition) is 7. The molecule has 2 heterocycles. The number of nitrogens with zero attached hydrogens (tertiary/aromatic N) is 5. The fourth-order valence-corrected chi connectivity index (χ4v) is 1.70. The minimum atomic E-state index is -0.471. The molecule has 0 saturated heterocycles. The van der Waals surface area contributed by atoms with Gasteiger partial charge in [0, 0.05) is 13.2 Å². The number of rotatable bonds is 8. The Morgan fingerprint density at radius 1 is 1.27 bits per heavy atom. The van der Waals surface area contributed by atoms with Gasteiger partial charge in [-0.3, -0.25) is 4.79 Å². The van der Waals surface area contributed by atoms with Crippen LogP contribution in [0.5, 0.6) is 0 Å². The van der Waals surface area contributed by atoms with Gasteiger partial charge in [-0.1, -0.05) is 0 Å². The van der Waals surface area contributed by atoms with E-state index in [4.69, 9.17) is 9.47 Å². The summed E-state index contributed by atoms with van der Waals surface area (Å²) >= 11 is 0. The van der Waals surface area contributed by atoms with Gasteiger partial charge in [0.1, 0.15) is 12.7 Å². The first-order valence-electron chi connectivity index (χ1n) is 6.94. The van der Waals surface area contributed by atoms with E-state index in [2.05, 4.69) is 25.6 Å². The lowest BCUT2D eigenvalue weighted by atomic mass is 10.3. The van der Waals surface area contributed by atoms with Crippen LogP contribution in [0.15, 0.2) is 24.8 Å². The van der Waals surface area contributed by atoms with Gasteiger partial charge < -0.3 is 14.8 Å². The molecule has 0 unspecified atom stereocenters. The van der Waals surface area contributed by atoms with Gasteiger partial charge in [0.05, 0.1) is 6.54 Å². The lowest BCUT2D eigenvalue weighted by molar-refractivity contribution is -0.131. The van der Waals surface area contributed by atoms with Crippen molar-refractivity contribution in [3.05, 3.63) is 30.5 Å². The molecule has 22 heavy (non-hydrogen) atoms. The summed E-state index contributed by atoms with van der Waals surface area (Å²) in [7, 11) is 0. The minimum absolute atomic E-state index is 0.204. The van der Waals surface area contributed by atoms with Crippen LogP contribution < -0.4 is 5.32 Å². The van der Waals surface area contributed by atoms with E-state index in [1.54, 1.807) is 12.1 Å². The predicted octanol–water partition coefficient (Wildman–Crippen LogP) is 0.186. The summed E-state index contributed by atoms with van der Waals surface area (Å²) in [6.07, 6.45) is 2.42.